The molecule has 0 bridgehead atoms. The molecule has 1 aromatic heterocycles. The molecular weight excluding hydrogens is 400 g/mol. The molecule has 1 aromatic carbocycles. The molecule has 2 aromatic rings. The van der Waals surface area contributed by atoms with E-state index in [2.05, 4.69) is 15.3 Å². The minimum absolute atomic E-state index is 0.0873. The number of ether oxygens (including phenoxy) is 1. The van der Waals surface area contributed by atoms with Crippen molar-refractivity contribution in [2.45, 2.75) is 44.1 Å². The third-order valence-electron chi connectivity index (χ3n) is 6.38. The first-order chi connectivity index (χ1) is 15.0. The van der Waals surface area contributed by atoms with Crippen molar-refractivity contribution in [3.63, 3.8) is 0 Å². The summed E-state index contributed by atoms with van der Waals surface area (Å²) in [6.07, 6.45) is 7.11. The Bertz CT molecular complexity index is 902. The van der Waals surface area contributed by atoms with Crippen molar-refractivity contribution in [3.8, 4) is 0 Å². The molecule has 1 saturated heterocycles. The first-order valence-corrected chi connectivity index (χ1v) is 11.1. The molecule has 0 spiro atoms. The highest BCUT2D eigenvalue weighted by atomic mass is 19.1. The Morgan fingerprint density at radius 3 is 2.68 bits per heavy atom. The van der Waals surface area contributed by atoms with E-state index in [1.54, 1.807) is 4.68 Å². The lowest BCUT2D eigenvalue weighted by Crippen LogP contribution is -2.48. The second-order valence-electron chi connectivity index (χ2n) is 8.51. The number of aryl methyl sites for hydroxylation is 1. The van der Waals surface area contributed by atoms with Gasteiger partial charge < -0.3 is 15.0 Å². The van der Waals surface area contributed by atoms with E-state index in [4.69, 9.17) is 9.73 Å². The lowest BCUT2D eigenvalue weighted by atomic mass is 9.78. The molecular formula is C23H31F2N5O. The average Bonchev–Trinajstić information content (AvgIpc) is 3.41. The quantitative estimate of drug-likeness (QED) is 0.581. The van der Waals surface area contributed by atoms with E-state index in [0.29, 0.717) is 26.2 Å². The predicted octanol–water partition coefficient (Wildman–Crippen LogP) is 3.55. The summed E-state index contributed by atoms with van der Waals surface area (Å²) in [5.74, 6) is -0.169. The fraction of sp³-hybridized carbons (Fsp3) is 0.565. The van der Waals surface area contributed by atoms with E-state index in [9.17, 15) is 8.78 Å². The van der Waals surface area contributed by atoms with Crippen molar-refractivity contribution in [1.82, 2.24) is 20.0 Å². The molecule has 1 atom stereocenters. The zero-order valence-electron chi connectivity index (χ0n) is 18.3. The standard InChI is InChI=1S/C23H31F2N5O/c1-3-26-22(30-11-12-31-20(15-30)17-13-28-29(2)14-17)27-16-23(9-4-5-10-23)21-18(24)7-6-8-19(21)25/h6-8,13-14,20H,3-5,9-12,15-16H2,1-2H3,(H,26,27). The number of halogens is 2. The largest absolute Gasteiger partial charge is 0.370 e. The molecule has 1 aliphatic heterocycles. The zero-order valence-corrected chi connectivity index (χ0v) is 18.3. The number of nitrogens with one attached hydrogen (secondary N) is 1. The van der Waals surface area contributed by atoms with Crippen molar-refractivity contribution in [3.05, 3.63) is 53.4 Å². The van der Waals surface area contributed by atoms with Crippen molar-refractivity contribution in [2.24, 2.45) is 12.0 Å². The van der Waals surface area contributed by atoms with Crippen LogP contribution in [0, 0.1) is 11.6 Å². The third kappa shape index (κ3) is 4.59. The summed E-state index contributed by atoms with van der Waals surface area (Å²) < 4.78 is 37.1. The van der Waals surface area contributed by atoms with E-state index >= 15 is 0 Å². The molecule has 2 heterocycles. The molecule has 0 amide bonds. The molecule has 2 fully saturated rings. The third-order valence-corrected chi connectivity index (χ3v) is 6.38. The maximum absolute atomic E-state index is 14.7. The molecule has 1 N–H and O–H groups in total. The van der Waals surface area contributed by atoms with Gasteiger partial charge in [-0.25, -0.2) is 8.78 Å². The summed E-state index contributed by atoms with van der Waals surface area (Å²) in [4.78, 5) is 7.08. The summed E-state index contributed by atoms with van der Waals surface area (Å²) in [5, 5.41) is 7.61. The van der Waals surface area contributed by atoms with Gasteiger partial charge in [-0.05, 0) is 31.9 Å². The van der Waals surface area contributed by atoms with E-state index in [1.165, 1.54) is 18.2 Å². The molecule has 1 saturated carbocycles. The Morgan fingerprint density at radius 2 is 2.03 bits per heavy atom. The smallest absolute Gasteiger partial charge is 0.194 e. The van der Waals surface area contributed by atoms with Gasteiger partial charge in [-0.1, -0.05) is 18.9 Å². The minimum Gasteiger partial charge on any atom is -0.370 e. The Labute approximate surface area is 182 Å². The molecule has 1 unspecified atom stereocenters. The SMILES string of the molecule is CCNC(=NCC1(c2c(F)cccc2F)CCCC1)N1CCOC(c2cnn(C)c2)C1. The van der Waals surface area contributed by atoms with Gasteiger partial charge in [-0.15, -0.1) is 0 Å². The van der Waals surface area contributed by atoms with Crippen molar-refractivity contribution < 1.29 is 13.5 Å². The van der Waals surface area contributed by atoms with Crippen LogP contribution in [0.3, 0.4) is 0 Å². The van der Waals surface area contributed by atoms with Gasteiger partial charge in [0.2, 0.25) is 0 Å². The van der Waals surface area contributed by atoms with Crippen LogP contribution in [0.2, 0.25) is 0 Å². The topological polar surface area (TPSA) is 54.7 Å². The first kappa shape index (κ1) is 21.7. The van der Waals surface area contributed by atoms with Crippen LogP contribution < -0.4 is 5.32 Å². The summed E-state index contributed by atoms with van der Waals surface area (Å²) in [6.45, 7) is 5.05. The second kappa shape index (κ2) is 9.34. The Morgan fingerprint density at radius 1 is 1.29 bits per heavy atom. The first-order valence-electron chi connectivity index (χ1n) is 11.1. The number of hydrogen-bond donors (Lipinski definition) is 1. The highest BCUT2D eigenvalue weighted by Crippen LogP contribution is 2.43. The van der Waals surface area contributed by atoms with Gasteiger partial charge >= 0.3 is 0 Å². The van der Waals surface area contributed by atoms with Crippen LogP contribution in [0.4, 0.5) is 8.78 Å². The number of rotatable bonds is 5. The Hall–Kier alpha value is -2.48. The zero-order chi connectivity index (χ0) is 21.8. The number of aliphatic imine (C=N–C) groups is 1. The van der Waals surface area contributed by atoms with Crippen molar-refractivity contribution in [2.75, 3.05) is 32.8 Å². The van der Waals surface area contributed by atoms with E-state index in [0.717, 1.165) is 43.8 Å². The molecule has 4 rings (SSSR count). The van der Waals surface area contributed by atoms with Gasteiger partial charge in [0.25, 0.3) is 0 Å². The second-order valence-corrected chi connectivity index (χ2v) is 8.51. The number of morpholine rings is 1. The predicted molar refractivity (Wildman–Crippen MR) is 116 cm³/mol. The highest BCUT2D eigenvalue weighted by Gasteiger charge is 2.40. The summed E-state index contributed by atoms with van der Waals surface area (Å²) >= 11 is 0. The van der Waals surface area contributed by atoms with Gasteiger partial charge in [0.05, 0.1) is 25.9 Å². The average molecular weight is 432 g/mol. The van der Waals surface area contributed by atoms with Crippen LogP contribution in [0.15, 0.2) is 35.6 Å². The molecule has 31 heavy (non-hydrogen) atoms. The summed E-state index contributed by atoms with van der Waals surface area (Å²) in [6, 6.07) is 4.14. The maximum Gasteiger partial charge on any atom is 0.194 e. The molecule has 2 aliphatic rings. The highest BCUT2D eigenvalue weighted by molar-refractivity contribution is 5.80. The van der Waals surface area contributed by atoms with Crippen molar-refractivity contribution in [1.29, 1.82) is 0 Å². The lowest BCUT2D eigenvalue weighted by molar-refractivity contribution is -0.00807. The van der Waals surface area contributed by atoms with Gasteiger partial charge in [-0.2, -0.15) is 5.10 Å². The lowest BCUT2D eigenvalue weighted by Gasteiger charge is -2.36. The van der Waals surface area contributed by atoms with Gasteiger partial charge in [0, 0.05) is 42.9 Å². The fourth-order valence-electron chi connectivity index (χ4n) is 4.85. The fourth-order valence-corrected chi connectivity index (χ4v) is 4.85. The van der Waals surface area contributed by atoms with E-state index < -0.39 is 17.0 Å². The maximum atomic E-state index is 14.7. The molecule has 8 heteroatoms. The summed E-state index contributed by atoms with van der Waals surface area (Å²) in [7, 11) is 1.89. The van der Waals surface area contributed by atoms with Gasteiger partial charge in [-0.3, -0.25) is 9.67 Å². The van der Waals surface area contributed by atoms with Crippen LogP contribution >= 0.6 is 0 Å². The van der Waals surface area contributed by atoms with E-state index in [-0.39, 0.29) is 11.7 Å². The molecule has 6 nitrogen and oxygen atoms in total. The molecule has 168 valence electrons. The minimum atomic E-state index is -0.592. The molecule has 1 aliphatic carbocycles. The van der Waals surface area contributed by atoms with Crippen molar-refractivity contribution >= 4 is 5.96 Å². The van der Waals surface area contributed by atoms with Crippen LogP contribution in [0.25, 0.3) is 0 Å². The monoisotopic (exact) mass is 431 g/mol. The van der Waals surface area contributed by atoms with Crippen LogP contribution in [0.5, 0.6) is 0 Å². The van der Waals surface area contributed by atoms with Crippen LogP contribution in [0.1, 0.15) is 49.8 Å². The van der Waals surface area contributed by atoms with Crippen LogP contribution in [-0.4, -0.2) is 53.4 Å². The molecule has 0 radical (unpaired) electrons. The number of guanidine groups is 1. The normalized spacial score (nSPS) is 21.5. The Kier molecular flexibility index (Phi) is 6.55. The number of benzene rings is 1. The van der Waals surface area contributed by atoms with E-state index in [1.807, 2.05) is 26.4 Å². The van der Waals surface area contributed by atoms with Gasteiger partial charge in [0.15, 0.2) is 5.96 Å². The van der Waals surface area contributed by atoms with Crippen LogP contribution in [-0.2, 0) is 17.2 Å². The number of aromatic nitrogens is 2. The summed E-state index contributed by atoms with van der Waals surface area (Å²) in [5.41, 5.74) is 0.636. The van der Waals surface area contributed by atoms with Gasteiger partial charge in [0.1, 0.15) is 17.7 Å². The Balaban J connectivity index is 1.58. The number of nitrogens with zero attached hydrogens (tertiary/aromatic N) is 4. The number of hydrogen-bond acceptors (Lipinski definition) is 3.